The van der Waals surface area contributed by atoms with Gasteiger partial charge in [0.15, 0.2) is 18.4 Å². The van der Waals surface area contributed by atoms with Crippen molar-refractivity contribution in [2.24, 2.45) is 0 Å². The van der Waals surface area contributed by atoms with Crippen LogP contribution in [0.3, 0.4) is 0 Å². The van der Waals surface area contributed by atoms with Crippen molar-refractivity contribution in [2.45, 2.75) is 80.5 Å². The Bertz CT molecular complexity index is 847. The lowest BCUT2D eigenvalue weighted by molar-refractivity contribution is -0.232. The molecule has 0 aromatic heterocycles. The predicted molar refractivity (Wildman–Crippen MR) is 140 cm³/mol. The molecule has 3 heterocycles. The van der Waals surface area contributed by atoms with Crippen molar-refractivity contribution >= 4 is 14.3 Å². The van der Waals surface area contributed by atoms with Crippen LogP contribution in [0.5, 0.6) is 0 Å². The quantitative estimate of drug-likeness (QED) is 0.215. The van der Waals surface area contributed by atoms with Gasteiger partial charge in [-0.2, -0.15) is 0 Å². The Kier molecular flexibility index (Phi) is 13.0. The lowest BCUT2D eigenvalue weighted by Gasteiger charge is -2.25. The summed E-state index contributed by atoms with van der Waals surface area (Å²) in [6, 6.07) is 0. The minimum absolute atomic E-state index is 0.0744. The van der Waals surface area contributed by atoms with E-state index in [4.69, 9.17) is 43.0 Å². The minimum Gasteiger partial charge on any atom is -0.393 e. The maximum Gasteiger partial charge on any atom is 0.186 e. The zero-order valence-corrected chi connectivity index (χ0v) is 25.7. The summed E-state index contributed by atoms with van der Waals surface area (Å²) in [6.07, 6.45) is -5.50. The molecule has 39 heavy (non-hydrogen) atoms. The molecule has 3 saturated heterocycles. The predicted octanol–water partition coefficient (Wildman–Crippen LogP) is -0.127. The molecule has 0 aromatic carbocycles. The Balaban J connectivity index is 0.000000277. The summed E-state index contributed by atoms with van der Waals surface area (Å²) in [5.74, 6) is -2.20. The van der Waals surface area contributed by atoms with Gasteiger partial charge in [-0.25, -0.2) is 0 Å². The molecule has 0 bridgehead atoms. The molecule has 0 radical (unpaired) electrons. The van der Waals surface area contributed by atoms with Crippen molar-refractivity contribution in [3.05, 3.63) is 0 Å². The Labute approximate surface area is 229 Å². The van der Waals surface area contributed by atoms with Gasteiger partial charge in [0.25, 0.3) is 0 Å². The average molecular weight is 609 g/mol. The zero-order valence-electron chi connectivity index (χ0n) is 23.9. The molecule has 3 fully saturated rings. The van der Waals surface area contributed by atoms with E-state index in [2.05, 4.69) is 0 Å². The first-order valence-electron chi connectivity index (χ1n) is 12.6. The van der Waals surface area contributed by atoms with Crippen LogP contribution in [-0.2, 0) is 47.0 Å². The van der Waals surface area contributed by atoms with Crippen LogP contribution in [0.2, 0.25) is 0 Å². The van der Waals surface area contributed by atoms with Gasteiger partial charge in [-0.15, -0.1) is 0 Å². The Hall–Kier alpha value is -0.0200. The molecule has 10 atom stereocenters. The third-order valence-corrected chi connectivity index (χ3v) is 9.89. The van der Waals surface area contributed by atoms with E-state index in [0.29, 0.717) is 0 Å². The fraction of sp³-hybridized carbons (Fsp3) is 1.00. The number of hydrogen-bond donors (Lipinski definition) is 4. The maximum atomic E-state index is 12.0. The summed E-state index contributed by atoms with van der Waals surface area (Å²) in [5, 5.41) is 37.6. The summed E-state index contributed by atoms with van der Waals surface area (Å²) in [4.78, 5) is 0. The fourth-order valence-electron chi connectivity index (χ4n) is 4.28. The number of hydrogen-bond acceptors (Lipinski definition) is 14. The van der Waals surface area contributed by atoms with E-state index < -0.39 is 62.7 Å². The minimum atomic E-state index is -2.59. The summed E-state index contributed by atoms with van der Waals surface area (Å²) in [7, 11) is -2.23. The van der Waals surface area contributed by atoms with Crippen molar-refractivity contribution in [3.63, 3.8) is 0 Å². The molecule has 0 aliphatic carbocycles. The number of fused-ring (bicyclic) bond motifs is 1. The molecule has 4 N–H and O–H groups in total. The van der Waals surface area contributed by atoms with Crippen molar-refractivity contribution in [1.29, 1.82) is 0 Å². The van der Waals surface area contributed by atoms with Crippen LogP contribution in [-0.4, -0.2) is 154 Å². The standard InChI is InChI=1S/C13H25O7P.C10H21O7P/c1-13(2)19-10-8(18-12(16-3)11(10)20-13)7-17-9(6-14)21(4,5)15;1-15-10-9(13)8(12)6(17-10)5-16-7(4-11)18(2,3)14/h8-12,14H,6-7H2,1-5H3;6-13H,4-5H2,1-3H3/t8-,9?,10-,11-,12-;6-,7?,8-,9-,10-/m11/s1. The highest BCUT2D eigenvalue weighted by molar-refractivity contribution is 7.63. The van der Waals surface area contributed by atoms with Crippen molar-refractivity contribution in [1.82, 2.24) is 0 Å². The van der Waals surface area contributed by atoms with Crippen LogP contribution >= 0.6 is 14.3 Å². The van der Waals surface area contributed by atoms with E-state index in [0.717, 1.165) is 0 Å². The normalized spacial score (nSPS) is 35.8. The third kappa shape index (κ3) is 9.49. The highest BCUT2D eigenvalue weighted by atomic mass is 31.2. The summed E-state index contributed by atoms with van der Waals surface area (Å²) in [6.45, 7) is 9.28. The Morgan fingerprint density at radius 1 is 0.744 bits per heavy atom. The van der Waals surface area contributed by atoms with Crippen molar-refractivity contribution < 1.29 is 67.5 Å². The third-order valence-electron chi connectivity index (χ3n) is 6.50. The van der Waals surface area contributed by atoms with E-state index >= 15 is 0 Å². The summed E-state index contributed by atoms with van der Waals surface area (Å²) in [5.41, 5.74) is 0. The highest BCUT2D eigenvalue weighted by Crippen LogP contribution is 2.44. The summed E-state index contributed by atoms with van der Waals surface area (Å²) >= 11 is 0. The first kappa shape index (κ1) is 35.2. The molecule has 3 rings (SSSR count). The monoisotopic (exact) mass is 608 g/mol. The van der Waals surface area contributed by atoms with Crippen LogP contribution in [0.4, 0.5) is 0 Å². The number of rotatable bonds is 12. The summed E-state index contributed by atoms with van der Waals surface area (Å²) < 4.78 is 67.2. The van der Waals surface area contributed by atoms with Gasteiger partial charge in [0.1, 0.15) is 62.6 Å². The van der Waals surface area contributed by atoms with E-state index in [1.165, 1.54) is 20.4 Å². The van der Waals surface area contributed by atoms with Crippen molar-refractivity contribution in [3.8, 4) is 0 Å². The first-order chi connectivity index (χ1) is 18.0. The van der Waals surface area contributed by atoms with E-state index in [-0.39, 0.29) is 44.7 Å². The van der Waals surface area contributed by atoms with Gasteiger partial charge in [-0.3, -0.25) is 0 Å². The van der Waals surface area contributed by atoms with Gasteiger partial charge >= 0.3 is 0 Å². The molecule has 14 nitrogen and oxygen atoms in total. The van der Waals surface area contributed by atoms with E-state index in [1.54, 1.807) is 20.4 Å². The average Bonchev–Trinajstić information content (AvgIpc) is 3.41. The first-order valence-corrected chi connectivity index (χ1v) is 18.0. The Morgan fingerprint density at radius 3 is 1.59 bits per heavy atom. The van der Waals surface area contributed by atoms with Crippen LogP contribution < -0.4 is 0 Å². The zero-order chi connectivity index (χ0) is 29.8. The number of aliphatic hydroxyl groups excluding tert-OH is 4. The molecule has 16 heteroatoms. The van der Waals surface area contributed by atoms with Gasteiger partial charge < -0.3 is 67.5 Å². The topological polar surface area (TPSA) is 189 Å². The molecular formula is C23H46O14P2. The van der Waals surface area contributed by atoms with Crippen LogP contribution in [0, 0.1) is 0 Å². The second kappa shape index (κ2) is 14.4. The molecule has 0 amide bonds. The molecule has 2 unspecified atom stereocenters. The molecular weight excluding hydrogens is 562 g/mol. The van der Waals surface area contributed by atoms with Gasteiger partial charge in [-0.05, 0) is 40.5 Å². The van der Waals surface area contributed by atoms with Gasteiger partial charge in [-0.1, -0.05) is 0 Å². The Morgan fingerprint density at radius 2 is 1.18 bits per heavy atom. The maximum absolute atomic E-state index is 12.0. The van der Waals surface area contributed by atoms with Crippen LogP contribution in [0.25, 0.3) is 0 Å². The lowest BCUT2D eigenvalue weighted by atomic mass is 10.1. The van der Waals surface area contributed by atoms with Crippen LogP contribution in [0.15, 0.2) is 0 Å². The molecule has 3 aliphatic heterocycles. The van der Waals surface area contributed by atoms with E-state index in [9.17, 15) is 24.4 Å². The largest absolute Gasteiger partial charge is 0.393 e. The SMILES string of the molecule is CO[C@@H]1O[C@H](COC(CO)P(C)(C)=O)[C@@H](O)[C@H]1O.CO[C@@H]1O[C@H](COC(CO)P(C)(C)=O)[C@H]2OC(C)(C)O[C@@H]12. The van der Waals surface area contributed by atoms with Crippen LogP contribution in [0.1, 0.15) is 13.8 Å². The molecule has 232 valence electrons. The molecule has 0 spiro atoms. The number of ether oxygens (including phenoxy) is 8. The fourth-order valence-corrected chi connectivity index (χ4v) is 5.96. The number of methoxy groups -OCH3 is 2. The molecule has 0 aromatic rings. The van der Waals surface area contributed by atoms with Crippen molar-refractivity contribution in [2.75, 3.05) is 67.3 Å². The molecule has 3 aliphatic rings. The van der Waals surface area contributed by atoms with Gasteiger partial charge in [0, 0.05) is 14.2 Å². The smallest absolute Gasteiger partial charge is 0.186 e. The van der Waals surface area contributed by atoms with E-state index in [1.807, 2.05) is 13.8 Å². The number of aliphatic hydroxyl groups is 4. The van der Waals surface area contributed by atoms with Gasteiger partial charge in [0.2, 0.25) is 0 Å². The molecule has 0 saturated carbocycles. The second-order valence-electron chi connectivity index (χ2n) is 10.9. The second-order valence-corrected chi connectivity index (χ2v) is 17.8. The lowest BCUT2D eigenvalue weighted by Crippen LogP contribution is -2.35. The highest BCUT2D eigenvalue weighted by Gasteiger charge is 2.55. The van der Waals surface area contributed by atoms with Gasteiger partial charge in [0.05, 0.1) is 26.4 Å².